The number of nitrogens with one attached hydrogen (secondary N) is 2. The summed E-state index contributed by atoms with van der Waals surface area (Å²) in [4.78, 5) is 24.5. The number of methoxy groups -OCH3 is 1. The van der Waals surface area contributed by atoms with E-state index >= 15 is 0 Å². The van der Waals surface area contributed by atoms with Gasteiger partial charge >= 0.3 is 12.0 Å². The smallest absolute Gasteiger partial charge is 0.338 e. The highest BCUT2D eigenvalue weighted by atomic mass is 35.5. The molecule has 2 rings (SSSR count). The van der Waals surface area contributed by atoms with E-state index in [-0.39, 0.29) is 28.2 Å². The van der Waals surface area contributed by atoms with Gasteiger partial charge < -0.3 is 25.2 Å². The van der Waals surface area contributed by atoms with Crippen molar-refractivity contribution in [3.63, 3.8) is 0 Å². The fourth-order valence-electron chi connectivity index (χ4n) is 2.46. The lowest BCUT2D eigenvalue weighted by atomic mass is 9.95. The fraction of sp³-hybridized carbons (Fsp3) is 0.412. The number of phenols is 1. The molecule has 0 aromatic heterocycles. The van der Waals surface area contributed by atoms with Gasteiger partial charge in [-0.05, 0) is 38.0 Å². The molecule has 0 saturated carbocycles. The molecule has 1 aromatic carbocycles. The number of benzene rings is 1. The Morgan fingerprint density at radius 1 is 1.44 bits per heavy atom. The number of esters is 1. The average molecular weight is 369 g/mol. The summed E-state index contributed by atoms with van der Waals surface area (Å²) in [6.07, 6.45) is 0.408. The predicted molar refractivity (Wildman–Crippen MR) is 92.6 cm³/mol. The molecule has 0 saturated heterocycles. The standard InChI is InChI=1S/C17H21ClN2O5/c1-5-8(2)25-16(22)13-9(3)19-17(23)20-14(13)10-6-11(18)15(21)12(7-10)24-4/h6-8,14,21H,5H2,1-4H3,(H2,19,20,23)/t8-,14+/m1/s1. The van der Waals surface area contributed by atoms with Crippen molar-refractivity contribution in [1.29, 1.82) is 0 Å². The van der Waals surface area contributed by atoms with Crippen LogP contribution in [0.5, 0.6) is 11.5 Å². The summed E-state index contributed by atoms with van der Waals surface area (Å²) in [6, 6.07) is 1.75. The van der Waals surface area contributed by atoms with Crippen LogP contribution in [0.3, 0.4) is 0 Å². The lowest BCUT2D eigenvalue weighted by molar-refractivity contribution is -0.144. The van der Waals surface area contributed by atoms with E-state index in [2.05, 4.69) is 10.6 Å². The molecule has 1 aliphatic rings. The summed E-state index contributed by atoms with van der Waals surface area (Å²) in [7, 11) is 1.38. The maximum absolute atomic E-state index is 12.6. The Labute approximate surface area is 150 Å². The van der Waals surface area contributed by atoms with Crippen molar-refractivity contribution in [2.24, 2.45) is 0 Å². The van der Waals surface area contributed by atoms with E-state index in [4.69, 9.17) is 21.1 Å². The third-order valence-corrected chi connectivity index (χ3v) is 4.26. The number of amides is 2. The van der Waals surface area contributed by atoms with Crippen LogP contribution in [-0.2, 0) is 9.53 Å². The zero-order valence-electron chi connectivity index (χ0n) is 14.5. The van der Waals surface area contributed by atoms with Crippen molar-refractivity contribution < 1.29 is 24.2 Å². The number of ether oxygens (including phenoxy) is 2. The predicted octanol–water partition coefficient (Wildman–Crippen LogP) is 3.02. The average Bonchev–Trinajstić information content (AvgIpc) is 2.56. The lowest BCUT2D eigenvalue weighted by Crippen LogP contribution is -2.45. The molecular formula is C17H21ClN2O5. The Kier molecular flexibility index (Phi) is 5.79. The molecule has 2 amide bonds. The number of carbonyl (C=O) groups excluding carboxylic acids is 2. The summed E-state index contributed by atoms with van der Waals surface area (Å²) >= 11 is 6.03. The second kappa shape index (κ2) is 7.65. The molecule has 1 heterocycles. The summed E-state index contributed by atoms with van der Waals surface area (Å²) in [5.41, 5.74) is 1.15. The summed E-state index contributed by atoms with van der Waals surface area (Å²) in [6.45, 7) is 5.32. The molecule has 0 spiro atoms. The van der Waals surface area contributed by atoms with Gasteiger partial charge in [-0.15, -0.1) is 0 Å². The van der Waals surface area contributed by atoms with Gasteiger partial charge in [-0.3, -0.25) is 0 Å². The van der Waals surface area contributed by atoms with Crippen molar-refractivity contribution in [2.75, 3.05) is 7.11 Å². The van der Waals surface area contributed by atoms with Crippen LogP contribution in [0.25, 0.3) is 0 Å². The summed E-state index contributed by atoms with van der Waals surface area (Å²) in [5, 5.41) is 15.2. The van der Waals surface area contributed by atoms with Gasteiger partial charge in [0.2, 0.25) is 0 Å². The first-order valence-electron chi connectivity index (χ1n) is 7.84. The molecule has 136 valence electrons. The van der Waals surface area contributed by atoms with Crippen LogP contribution in [0, 0.1) is 0 Å². The molecule has 2 atom stereocenters. The molecule has 7 nitrogen and oxygen atoms in total. The van der Waals surface area contributed by atoms with Crippen LogP contribution < -0.4 is 15.4 Å². The van der Waals surface area contributed by atoms with E-state index in [1.54, 1.807) is 13.8 Å². The first-order chi connectivity index (χ1) is 11.8. The van der Waals surface area contributed by atoms with Gasteiger partial charge in [0.15, 0.2) is 11.5 Å². The Morgan fingerprint density at radius 3 is 2.72 bits per heavy atom. The molecule has 1 aliphatic heterocycles. The van der Waals surface area contributed by atoms with Crippen LogP contribution >= 0.6 is 11.6 Å². The Morgan fingerprint density at radius 2 is 2.12 bits per heavy atom. The molecule has 0 aliphatic carbocycles. The van der Waals surface area contributed by atoms with E-state index in [1.807, 2.05) is 6.92 Å². The molecule has 0 fully saturated rings. The molecular weight excluding hydrogens is 348 g/mol. The molecule has 0 radical (unpaired) electrons. The highest BCUT2D eigenvalue weighted by Gasteiger charge is 2.33. The Bertz CT molecular complexity index is 732. The van der Waals surface area contributed by atoms with E-state index in [0.29, 0.717) is 17.7 Å². The SMILES string of the molecule is CC[C@@H](C)OC(=O)C1=C(C)NC(=O)N[C@H]1c1cc(Cl)c(O)c(OC)c1. The molecule has 1 aromatic rings. The Balaban J connectivity index is 2.49. The minimum Gasteiger partial charge on any atom is -0.503 e. The van der Waals surface area contributed by atoms with Gasteiger partial charge in [0.25, 0.3) is 0 Å². The third kappa shape index (κ3) is 3.99. The van der Waals surface area contributed by atoms with Gasteiger partial charge in [0.1, 0.15) is 0 Å². The number of carbonyl (C=O) groups is 2. The van der Waals surface area contributed by atoms with Crippen LogP contribution in [0.1, 0.15) is 38.8 Å². The number of urea groups is 1. The minimum absolute atomic E-state index is 0.0504. The van der Waals surface area contributed by atoms with Gasteiger partial charge in [-0.2, -0.15) is 0 Å². The monoisotopic (exact) mass is 368 g/mol. The maximum Gasteiger partial charge on any atom is 0.338 e. The van der Waals surface area contributed by atoms with Gasteiger partial charge in [0, 0.05) is 5.70 Å². The quantitative estimate of drug-likeness (QED) is 0.694. The number of hydrogen-bond donors (Lipinski definition) is 3. The van der Waals surface area contributed by atoms with Crippen LogP contribution in [-0.4, -0.2) is 30.3 Å². The van der Waals surface area contributed by atoms with E-state index in [0.717, 1.165) is 0 Å². The topological polar surface area (TPSA) is 96.9 Å². The number of rotatable bonds is 5. The third-order valence-electron chi connectivity index (χ3n) is 3.98. The highest BCUT2D eigenvalue weighted by Crippen LogP contribution is 2.39. The van der Waals surface area contributed by atoms with Gasteiger partial charge in [0.05, 0.1) is 29.9 Å². The normalized spacial score (nSPS) is 18.3. The molecule has 8 heteroatoms. The highest BCUT2D eigenvalue weighted by molar-refractivity contribution is 6.32. The Hall–Kier alpha value is -2.41. The van der Waals surface area contributed by atoms with Crippen molar-refractivity contribution in [2.45, 2.75) is 39.3 Å². The van der Waals surface area contributed by atoms with Crippen LogP contribution in [0.15, 0.2) is 23.4 Å². The number of phenolic OH excluding ortho intramolecular Hbond substituents is 1. The zero-order valence-corrected chi connectivity index (χ0v) is 15.2. The van der Waals surface area contributed by atoms with Gasteiger partial charge in [-0.1, -0.05) is 18.5 Å². The second-order valence-electron chi connectivity index (χ2n) is 5.75. The van der Waals surface area contributed by atoms with Gasteiger partial charge in [-0.25, -0.2) is 9.59 Å². The molecule has 0 unspecified atom stereocenters. The number of hydrogen-bond acceptors (Lipinski definition) is 5. The van der Waals surface area contributed by atoms with E-state index in [9.17, 15) is 14.7 Å². The summed E-state index contributed by atoms with van der Waals surface area (Å²) < 4.78 is 10.5. The largest absolute Gasteiger partial charge is 0.503 e. The molecule has 0 bridgehead atoms. The van der Waals surface area contributed by atoms with Crippen molar-refractivity contribution in [3.05, 3.63) is 34.0 Å². The van der Waals surface area contributed by atoms with Crippen molar-refractivity contribution in [1.82, 2.24) is 10.6 Å². The first kappa shape index (κ1) is 18.9. The zero-order chi connectivity index (χ0) is 18.7. The number of allylic oxidation sites excluding steroid dienone is 1. The maximum atomic E-state index is 12.6. The summed E-state index contributed by atoms with van der Waals surface area (Å²) in [5.74, 6) is -0.604. The van der Waals surface area contributed by atoms with E-state index < -0.39 is 18.0 Å². The molecule has 3 N–H and O–H groups in total. The number of aromatic hydroxyl groups is 1. The van der Waals surface area contributed by atoms with Crippen molar-refractivity contribution >= 4 is 23.6 Å². The second-order valence-corrected chi connectivity index (χ2v) is 6.16. The van der Waals surface area contributed by atoms with Crippen LogP contribution in [0.2, 0.25) is 5.02 Å². The van der Waals surface area contributed by atoms with Crippen LogP contribution in [0.4, 0.5) is 4.79 Å². The number of halogens is 1. The van der Waals surface area contributed by atoms with Crippen molar-refractivity contribution in [3.8, 4) is 11.5 Å². The lowest BCUT2D eigenvalue weighted by Gasteiger charge is -2.29. The first-order valence-corrected chi connectivity index (χ1v) is 8.21. The minimum atomic E-state index is -0.780. The van der Waals surface area contributed by atoms with E-state index in [1.165, 1.54) is 19.2 Å². The fourth-order valence-corrected chi connectivity index (χ4v) is 2.68. The molecule has 25 heavy (non-hydrogen) atoms.